The van der Waals surface area contributed by atoms with Gasteiger partial charge in [-0.1, -0.05) is 12.1 Å². The van der Waals surface area contributed by atoms with Crippen LogP contribution in [0.1, 0.15) is 6.42 Å². The van der Waals surface area contributed by atoms with E-state index >= 15 is 0 Å². The number of urea groups is 1. The zero-order valence-electron chi connectivity index (χ0n) is 14.1. The normalized spacial score (nSPS) is 16.7. The number of aromatic nitrogens is 2. The molecule has 2 amide bonds. The fraction of sp³-hybridized carbons (Fsp3) is 0.412. The van der Waals surface area contributed by atoms with E-state index in [1.807, 2.05) is 15.7 Å². The monoisotopic (exact) mass is 365 g/mol. The first-order chi connectivity index (χ1) is 12.6. The van der Waals surface area contributed by atoms with Crippen LogP contribution in [-0.4, -0.2) is 47.9 Å². The van der Waals surface area contributed by atoms with Crippen LogP contribution in [0.3, 0.4) is 0 Å². The van der Waals surface area contributed by atoms with E-state index in [0.29, 0.717) is 31.9 Å². The summed E-state index contributed by atoms with van der Waals surface area (Å²) in [4.78, 5) is 17.9. The summed E-state index contributed by atoms with van der Waals surface area (Å²) in [5.74, 6) is 0.146. The second-order valence-electron chi connectivity index (χ2n) is 5.98. The predicted octanol–water partition coefficient (Wildman–Crippen LogP) is 2.06. The third-order valence-corrected chi connectivity index (χ3v) is 4.16. The average molecular weight is 365 g/mol. The molecule has 1 unspecified atom stereocenters. The molecule has 0 radical (unpaired) electrons. The van der Waals surface area contributed by atoms with Crippen molar-refractivity contribution >= 4 is 11.7 Å². The Labute approximate surface area is 150 Å². The summed E-state index contributed by atoms with van der Waals surface area (Å²) in [6.45, 7) is -0.539. The first-order valence-electron chi connectivity index (χ1n) is 8.40. The van der Waals surface area contributed by atoms with Crippen molar-refractivity contribution in [1.29, 1.82) is 0 Å². The Morgan fingerprint density at radius 1 is 1.38 bits per heavy atom. The second kappa shape index (κ2) is 8.50. The Morgan fingerprint density at radius 2 is 2.23 bits per heavy atom. The second-order valence-corrected chi connectivity index (χ2v) is 5.98. The standard InChI is InChI=1S/C17H21F2N5O2/c18-16(19)26-15-4-2-1-3-14(15)24-8-5-13(11-24)22-17(25)21-7-10-23-9-6-20-12-23/h1-4,6,9,12-13,16H,5,7-8,10-11H2,(H2,21,22,25). The highest BCUT2D eigenvalue weighted by Crippen LogP contribution is 2.31. The van der Waals surface area contributed by atoms with Gasteiger partial charge in [0, 0.05) is 44.6 Å². The molecule has 0 aliphatic carbocycles. The molecule has 2 aromatic rings. The third kappa shape index (κ3) is 4.84. The summed E-state index contributed by atoms with van der Waals surface area (Å²) in [5, 5.41) is 5.71. The minimum atomic E-state index is -2.87. The Kier molecular flexibility index (Phi) is 5.88. The number of para-hydroxylation sites is 2. The third-order valence-electron chi connectivity index (χ3n) is 4.16. The largest absolute Gasteiger partial charge is 0.433 e. The van der Waals surface area contributed by atoms with Gasteiger partial charge in [-0.05, 0) is 18.6 Å². The quantitative estimate of drug-likeness (QED) is 0.788. The van der Waals surface area contributed by atoms with Crippen molar-refractivity contribution in [3.05, 3.63) is 43.0 Å². The molecule has 1 saturated heterocycles. The molecule has 2 heterocycles. The number of hydrogen-bond acceptors (Lipinski definition) is 4. The fourth-order valence-electron chi connectivity index (χ4n) is 2.96. The number of carbonyl (C=O) groups is 1. The molecule has 1 aliphatic heterocycles. The molecule has 0 bridgehead atoms. The Bertz CT molecular complexity index is 711. The maximum absolute atomic E-state index is 12.5. The van der Waals surface area contributed by atoms with Crippen molar-refractivity contribution in [1.82, 2.24) is 20.2 Å². The van der Waals surface area contributed by atoms with Gasteiger partial charge in [-0.15, -0.1) is 0 Å². The van der Waals surface area contributed by atoms with Crippen LogP contribution in [0, 0.1) is 0 Å². The minimum absolute atomic E-state index is 0.0529. The first kappa shape index (κ1) is 18.0. The Hall–Kier alpha value is -2.84. The van der Waals surface area contributed by atoms with Crippen molar-refractivity contribution < 1.29 is 18.3 Å². The lowest BCUT2D eigenvalue weighted by Gasteiger charge is -2.22. The molecule has 1 fully saturated rings. The van der Waals surface area contributed by atoms with Crippen molar-refractivity contribution in [2.45, 2.75) is 25.6 Å². The molecule has 0 spiro atoms. The SMILES string of the molecule is O=C(NCCn1ccnc1)NC1CCN(c2ccccc2OC(F)F)C1. The summed E-state index contributed by atoms with van der Waals surface area (Å²) in [5.41, 5.74) is 0.609. The number of ether oxygens (including phenoxy) is 1. The maximum Gasteiger partial charge on any atom is 0.387 e. The topological polar surface area (TPSA) is 71.4 Å². The number of halogens is 2. The van der Waals surface area contributed by atoms with Crippen LogP contribution in [0.25, 0.3) is 0 Å². The number of benzene rings is 1. The summed E-state index contributed by atoms with van der Waals surface area (Å²) >= 11 is 0. The smallest absolute Gasteiger partial charge is 0.387 e. The first-order valence-corrected chi connectivity index (χ1v) is 8.40. The highest BCUT2D eigenvalue weighted by atomic mass is 19.3. The van der Waals surface area contributed by atoms with Crippen LogP contribution in [0.15, 0.2) is 43.0 Å². The lowest BCUT2D eigenvalue weighted by molar-refractivity contribution is -0.0495. The van der Waals surface area contributed by atoms with Crippen LogP contribution in [0.5, 0.6) is 5.75 Å². The van der Waals surface area contributed by atoms with Crippen LogP contribution in [-0.2, 0) is 6.54 Å². The molecule has 26 heavy (non-hydrogen) atoms. The minimum Gasteiger partial charge on any atom is -0.433 e. The number of carbonyl (C=O) groups excluding carboxylic acids is 1. The summed E-state index contributed by atoms with van der Waals surface area (Å²) < 4.78 is 31.5. The van der Waals surface area contributed by atoms with Gasteiger partial charge < -0.3 is 24.8 Å². The molecule has 1 aromatic heterocycles. The van der Waals surface area contributed by atoms with E-state index in [0.717, 1.165) is 6.42 Å². The number of amides is 2. The van der Waals surface area contributed by atoms with Gasteiger partial charge in [-0.2, -0.15) is 8.78 Å². The lowest BCUT2D eigenvalue weighted by Crippen LogP contribution is -2.44. The number of rotatable bonds is 7. The van der Waals surface area contributed by atoms with Crippen molar-refractivity contribution in [3.63, 3.8) is 0 Å². The van der Waals surface area contributed by atoms with E-state index in [-0.39, 0.29) is 17.8 Å². The molecule has 1 atom stereocenters. The Morgan fingerprint density at radius 3 is 3.00 bits per heavy atom. The number of imidazole rings is 1. The van der Waals surface area contributed by atoms with Crippen molar-refractivity contribution in [2.75, 3.05) is 24.5 Å². The lowest BCUT2D eigenvalue weighted by atomic mass is 10.2. The van der Waals surface area contributed by atoms with Crippen LogP contribution < -0.4 is 20.3 Å². The molecule has 1 aromatic carbocycles. The number of nitrogens with zero attached hydrogens (tertiary/aromatic N) is 3. The molecular formula is C17H21F2N5O2. The van der Waals surface area contributed by atoms with E-state index in [2.05, 4.69) is 20.4 Å². The molecule has 3 rings (SSSR count). The van der Waals surface area contributed by atoms with Gasteiger partial charge in [0.15, 0.2) is 0 Å². The van der Waals surface area contributed by atoms with E-state index in [1.54, 1.807) is 30.7 Å². The van der Waals surface area contributed by atoms with Gasteiger partial charge in [0.2, 0.25) is 0 Å². The van der Waals surface area contributed by atoms with Gasteiger partial charge in [-0.3, -0.25) is 0 Å². The summed E-state index contributed by atoms with van der Waals surface area (Å²) in [7, 11) is 0. The zero-order valence-corrected chi connectivity index (χ0v) is 14.1. The molecule has 9 heteroatoms. The van der Waals surface area contributed by atoms with Gasteiger partial charge in [0.05, 0.1) is 12.0 Å². The summed E-state index contributed by atoms with van der Waals surface area (Å²) in [6, 6.07) is 6.39. The van der Waals surface area contributed by atoms with Gasteiger partial charge >= 0.3 is 12.6 Å². The van der Waals surface area contributed by atoms with Crippen LogP contribution >= 0.6 is 0 Å². The Balaban J connectivity index is 1.47. The summed E-state index contributed by atoms with van der Waals surface area (Å²) in [6.07, 6.45) is 5.93. The molecular weight excluding hydrogens is 344 g/mol. The highest BCUT2D eigenvalue weighted by molar-refractivity contribution is 5.74. The average Bonchev–Trinajstić information content (AvgIpc) is 3.27. The van der Waals surface area contributed by atoms with Crippen LogP contribution in [0.2, 0.25) is 0 Å². The molecule has 7 nitrogen and oxygen atoms in total. The number of nitrogens with one attached hydrogen (secondary N) is 2. The van der Waals surface area contributed by atoms with Crippen molar-refractivity contribution in [2.24, 2.45) is 0 Å². The van der Waals surface area contributed by atoms with Crippen LogP contribution in [0.4, 0.5) is 19.3 Å². The number of anilines is 1. The zero-order chi connectivity index (χ0) is 18.4. The fourth-order valence-corrected chi connectivity index (χ4v) is 2.96. The van der Waals surface area contributed by atoms with Gasteiger partial charge in [0.25, 0.3) is 0 Å². The molecule has 1 aliphatic rings. The number of hydrogen-bond donors (Lipinski definition) is 2. The van der Waals surface area contributed by atoms with Gasteiger partial charge in [-0.25, -0.2) is 9.78 Å². The van der Waals surface area contributed by atoms with E-state index < -0.39 is 6.61 Å². The van der Waals surface area contributed by atoms with E-state index in [1.165, 1.54) is 6.07 Å². The predicted molar refractivity (Wildman–Crippen MR) is 92.5 cm³/mol. The molecule has 0 saturated carbocycles. The van der Waals surface area contributed by atoms with E-state index in [4.69, 9.17) is 0 Å². The van der Waals surface area contributed by atoms with Gasteiger partial charge in [0.1, 0.15) is 5.75 Å². The molecule has 140 valence electrons. The van der Waals surface area contributed by atoms with E-state index in [9.17, 15) is 13.6 Å². The van der Waals surface area contributed by atoms with Crippen molar-refractivity contribution in [3.8, 4) is 5.75 Å². The highest BCUT2D eigenvalue weighted by Gasteiger charge is 2.26. The number of alkyl halides is 2. The molecule has 2 N–H and O–H groups in total. The maximum atomic E-state index is 12.5.